The quantitative estimate of drug-likeness (QED) is 0.937. The van der Waals surface area contributed by atoms with Gasteiger partial charge >= 0.3 is 0 Å². The highest BCUT2D eigenvalue weighted by Gasteiger charge is 2.17. The van der Waals surface area contributed by atoms with Crippen LogP contribution in [0.5, 0.6) is 5.75 Å². The van der Waals surface area contributed by atoms with Crippen molar-refractivity contribution in [3.8, 4) is 5.75 Å². The zero-order valence-electron chi connectivity index (χ0n) is 10.7. The summed E-state index contributed by atoms with van der Waals surface area (Å²) in [6.07, 6.45) is 2.81. The molecule has 0 fully saturated rings. The van der Waals surface area contributed by atoms with Gasteiger partial charge in [-0.25, -0.2) is 4.39 Å². The predicted octanol–water partition coefficient (Wildman–Crippen LogP) is 3.30. The number of ether oxygens (including phenoxy) is 1. The molecule has 1 N–H and O–H groups in total. The molecule has 1 aromatic carbocycles. The standard InChI is InChI=1S/C14H14BrFN2O/c1-17-14(10-5-6-18-8-12(10)16)9-3-4-13(19-2)11(15)7-9/h3-8,14,17H,1-2H3. The number of nitrogens with zero attached hydrogens (tertiary/aromatic N) is 1. The number of nitrogens with one attached hydrogen (secondary N) is 1. The lowest BCUT2D eigenvalue weighted by Gasteiger charge is -2.18. The van der Waals surface area contributed by atoms with Crippen molar-refractivity contribution < 1.29 is 9.13 Å². The minimum atomic E-state index is -0.325. The maximum atomic E-state index is 13.8. The molecule has 1 atom stereocenters. The lowest BCUT2D eigenvalue weighted by Crippen LogP contribution is -2.19. The van der Waals surface area contributed by atoms with Gasteiger partial charge in [0.25, 0.3) is 0 Å². The fourth-order valence-electron chi connectivity index (χ4n) is 1.98. The van der Waals surface area contributed by atoms with E-state index in [-0.39, 0.29) is 11.9 Å². The second-order valence-electron chi connectivity index (χ2n) is 4.01. The van der Waals surface area contributed by atoms with Crippen LogP contribution in [0.3, 0.4) is 0 Å². The Morgan fingerprint density at radius 1 is 1.37 bits per heavy atom. The zero-order valence-corrected chi connectivity index (χ0v) is 12.2. The number of pyridine rings is 1. The summed E-state index contributed by atoms with van der Waals surface area (Å²) in [6, 6.07) is 7.12. The van der Waals surface area contributed by atoms with E-state index in [4.69, 9.17) is 4.74 Å². The van der Waals surface area contributed by atoms with Crippen molar-refractivity contribution >= 4 is 15.9 Å². The van der Waals surface area contributed by atoms with Gasteiger partial charge in [0, 0.05) is 11.8 Å². The molecule has 1 heterocycles. The average Bonchev–Trinajstić information content (AvgIpc) is 2.42. The summed E-state index contributed by atoms with van der Waals surface area (Å²) in [6.45, 7) is 0. The molecule has 0 saturated carbocycles. The first-order chi connectivity index (χ1) is 9.17. The van der Waals surface area contributed by atoms with E-state index in [1.807, 2.05) is 18.2 Å². The molecule has 1 aromatic heterocycles. The molecule has 19 heavy (non-hydrogen) atoms. The number of methoxy groups -OCH3 is 1. The molecule has 3 nitrogen and oxygen atoms in total. The Morgan fingerprint density at radius 2 is 2.16 bits per heavy atom. The first-order valence-electron chi connectivity index (χ1n) is 5.77. The third kappa shape index (κ3) is 2.93. The number of aromatic nitrogens is 1. The van der Waals surface area contributed by atoms with Gasteiger partial charge in [-0.3, -0.25) is 4.98 Å². The zero-order chi connectivity index (χ0) is 13.8. The van der Waals surface area contributed by atoms with Gasteiger partial charge in [-0.1, -0.05) is 6.07 Å². The van der Waals surface area contributed by atoms with Gasteiger partial charge in [-0.05, 0) is 46.7 Å². The largest absolute Gasteiger partial charge is 0.496 e. The molecule has 2 aromatic rings. The van der Waals surface area contributed by atoms with Crippen LogP contribution in [-0.2, 0) is 0 Å². The van der Waals surface area contributed by atoms with Gasteiger partial charge in [-0.15, -0.1) is 0 Å². The maximum absolute atomic E-state index is 13.8. The summed E-state index contributed by atoms with van der Waals surface area (Å²) in [5.74, 6) is 0.419. The van der Waals surface area contributed by atoms with Crippen molar-refractivity contribution in [1.29, 1.82) is 0 Å². The molecule has 1 unspecified atom stereocenters. The molecule has 0 spiro atoms. The molecule has 5 heteroatoms. The predicted molar refractivity (Wildman–Crippen MR) is 75.8 cm³/mol. The summed E-state index contributed by atoms with van der Waals surface area (Å²) in [7, 11) is 3.40. The molecule has 0 amide bonds. The topological polar surface area (TPSA) is 34.1 Å². The Morgan fingerprint density at radius 3 is 2.74 bits per heavy atom. The molecule has 0 saturated heterocycles. The number of rotatable bonds is 4. The number of hydrogen-bond donors (Lipinski definition) is 1. The van der Waals surface area contributed by atoms with Gasteiger partial charge < -0.3 is 10.1 Å². The summed E-state index contributed by atoms with van der Waals surface area (Å²) in [4.78, 5) is 3.77. The van der Waals surface area contributed by atoms with Crippen molar-refractivity contribution in [3.63, 3.8) is 0 Å². The Labute approximate surface area is 119 Å². The molecule has 0 bridgehead atoms. The molecular formula is C14H14BrFN2O. The van der Waals surface area contributed by atoms with Crippen molar-refractivity contribution in [2.45, 2.75) is 6.04 Å². The van der Waals surface area contributed by atoms with Crippen LogP contribution < -0.4 is 10.1 Å². The summed E-state index contributed by atoms with van der Waals surface area (Å²) in [5.41, 5.74) is 1.51. The van der Waals surface area contributed by atoms with E-state index >= 15 is 0 Å². The van der Waals surface area contributed by atoms with Crippen LogP contribution in [0.2, 0.25) is 0 Å². The van der Waals surface area contributed by atoms with E-state index in [0.717, 1.165) is 15.8 Å². The highest BCUT2D eigenvalue weighted by atomic mass is 79.9. The average molecular weight is 325 g/mol. The fourth-order valence-corrected chi connectivity index (χ4v) is 2.54. The van der Waals surface area contributed by atoms with Gasteiger partial charge in [-0.2, -0.15) is 0 Å². The Kier molecular flexibility index (Phi) is 4.50. The minimum absolute atomic E-state index is 0.231. The summed E-state index contributed by atoms with van der Waals surface area (Å²) < 4.78 is 19.8. The van der Waals surface area contributed by atoms with E-state index in [0.29, 0.717) is 5.56 Å². The summed E-state index contributed by atoms with van der Waals surface area (Å²) >= 11 is 3.44. The Bertz CT molecular complexity index is 577. The van der Waals surface area contributed by atoms with Crippen LogP contribution in [0.25, 0.3) is 0 Å². The lowest BCUT2D eigenvalue weighted by molar-refractivity contribution is 0.412. The van der Waals surface area contributed by atoms with E-state index in [2.05, 4.69) is 26.2 Å². The second kappa shape index (κ2) is 6.12. The third-order valence-electron chi connectivity index (χ3n) is 2.91. The molecule has 0 aliphatic rings. The number of benzene rings is 1. The number of halogens is 2. The first-order valence-corrected chi connectivity index (χ1v) is 6.56. The Hall–Kier alpha value is -1.46. The third-order valence-corrected chi connectivity index (χ3v) is 3.53. The molecular weight excluding hydrogens is 311 g/mol. The van der Waals surface area contributed by atoms with Crippen LogP contribution in [0, 0.1) is 5.82 Å². The van der Waals surface area contributed by atoms with Gasteiger partial charge in [0.05, 0.1) is 23.8 Å². The Balaban J connectivity index is 2.43. The lowest BCUT2D eigenvalue weighted by atomic mass is 9.99. The SMILES string of the molecule is CNC(c1ccc(OC)c(Br)c1)c1ccncc1F. The van der Waals surface area contributed by atoms with Crippen LogP contribution in [0.15, 0.2) is 41.1 Å². The molecule has 0 aliphatic carbocycles. The van der Waals surface area contributed by atoms with Crippen molar-refractivity contribution in [2.75, 3.05) is 14.2 Å². The van der Waals surface area contributed by atoms with E-state index in [1.165, 1.54) is 6.20 Å². The highest BCUT2D eigenvalue weighted by Crippen LogP contribution is 2.31. The van der Waals surface area contributed by atoms with Crippen molar-refractivity contribution in [2.24, 2.45) is 0 Å². The monoisotopic (exact) mass is 324 g/mol. The second-order valence-corrected chi connectivity index (χ2v) is 4.87. The van der Waals surface area contributed by atoms with E-state index < -0.39 is 0 Å². The highest BCUT2D eigenvalue weighted by molar-refractivity contribution is 9.10. The van der Waals surface area contributed by atoms with Crippen molar-refractivity contribution in [1.82, 2.24) is 10.3 Å². The molecule has 0 radical (unpaired) electrons. The molecule has 0 aliphatic heterocycles. The van der Waals surface area contributed by atoms with Gasteiger partial charge in [0.2, 0.25) is 0 Å². The smallest absolute Gasteiger partial charge is 0.146 e. The summed E-state index contributed by atoms with van der Waals surface area (Å²) in [5, 5.41) is 3.11. The van der Waals surface area contributed by atoms with Crippen LogP contribution in [0.4, 0.5) is 4.39 Å². The van der Waals surface area contributed by atoms with E-state index in [9.17, 15) is 4.39 Å². The van der Waals surface area contributed by atoms with Crippen LogP contribution >= 0.6 is 15.9 Å². The van der Waals surface area contributed by atoms with Crippen LogP contribution in [0.1, 0.15) is 17.2 Å². The molecule has 2 rings (SSSR count). The van der Waals surface area contributed by atoms with Crippen molar-refractivity contribution in [3.05, 3.63) is 58.1 Å². The molecule has 100 valence electrons. The fraction of sp³-hybridized carbons (Fsp3) is 0.214. The van der Waals surface area contributed by atoms with E-state index in [1.54, 1.807) is 26.4 Å². The normalized spacial score (nSPS) is 12.2. The first kappa shape index (κ1) is 14.0. The van der Waals surface area contributed by atoms with Gasteiger partial charge in [0.1, 0.15) is 11.6 Å². The van der Waals surface area contributed by atoms with Gasteiger partial charge in [0.15, 0.2) is 0 Å². The number of hydrogen-bond acceptors (Lipinski definition) is 3. The minimum Gasteiger partial charge on any atom is -0.496 e. The maximum Gasteiger partial charge on any atom is 0.146 e. The van der Waals surface area contributed by atoms with Crippen LogP contribution in [-0.4, -0.2) is 19.1 Å².